The largest absolute Gasteiger partial charge is 0.342 e. The van der Waals surface area contributed by atoms with Crippen LogP contribution < -0.4 is 4.90 Å². The van der Waals surface area contributed by atoms with Gasteiger partial charge >= 0.3 is 0 Å². The molecule has 1 aliphatic heterocycles. The van der Waals surface area contributed by atoms with E-state index in [-0.39, 0.29) is 10.9 Å². The Hall–Kier alpha value is -2.81. The van der Waals surface area contributed by atoms with Gasteiger partial charge in [-0.3, -0.25) is 4.57 Å². The second-order valence-electron chi connectivity index (χ2n) is 8.41. The summed E-state index contributed by atoms with van der Waals surface area (Å²) in [6.07, 6.45) is 8.71. The van der Waals surface area contributed by atoms with Crippen molar-refractivity contribution < 1.29 is 8.42 Å². The highest BCUT2D eigenvalue weighted by Gasteiger charge is 2.39. The fourth-order valence-corrected chi connectivity index (χ4v) is 5.49. The average Bonchev–Trinajstić information content (AvgIpc) is 3.42. The predicted octanol–water partition coefficient (Wildman–Crippen LogP) is 3.65. The maximum absolute atomic E-state index is 11.8. The van der Waals surface area contributed by atoms with Gasteiger partial charge in [0.1, 0.15) is 11.5 Å². The van der Waals surface area contributed by atoms with Crippen LogP contribution in [-0.4, -0.2) is 45.4 Å². The Bertz CT molecular complexity index is 1230. The third-order valence-electron chi connectivity index (χ3n) is 6.36. The highest BCUT2D eigenvalue weighted by Crippen LogP contribution is 2.43. The normalized spacial score (nSPS) is 18.8. The lowest BCUT2D eigenvalue weighted by atomic mass is 10.0. The summed E-state index contributed by atoms with van der Waals surface area (Å²) >= 11 is 0. The summed E-state index contributed by atoms with van der Waals surface area (Å²) in [6, 6.07) is 7.30. The van der Waals surface area contributed by atoms with Gasteiger partial charge in [0.15, 0.2) is 27.3 Å². The Kier molecular flexibility index (Phi) is 4.80. The fraction of sp³-hybridized carbons (Fsp3) is 0.455. The number of fused-ring (bicyclic) bond motifs is 3. The van der Waals surface area contributed by atoms with Crippen molar-refractivity contribution >= 4 is 15.7 Å². The van der Waals surface area contributed by atoms with E-state index in [4.69, 9.17) is 4.98 Å². The van der Waals surface area contributed by atoms with E-state index in [1.807, 2.05) is 13.1 Å². The number of anilines is 1. The van der Waals surface area contributed by atoms with Crippen molar-refractivity contribution in [3.63, 3.8) is 0 Å². The summed E-state index contributed by atoms with van der Waals surface area (Å²) in [5.41, 5.74) is 1.70. The molecule has 2 aliphatic rings. The molecule has 0 amide bonds. The maximum atomic E-state index is 11.8. The van der Waals surface area contributed by atoms with Crippen molar-refractivity contribution in [2.24, 2.45) is 0 Å². The number of benzene rings is 1. The molecule has 8 nitrogen and oxygen atoms in total. The first kappa shape index (κ1) is 20.1. The fourth-order valence-electron chi connectivity index (χ4n) is 4.86. The van der Waals surface area contributed by atoms with Crippen molar-refractivity contribution in [2.45, 2.75) is 62.9 Å². The highest BCUT2D eigenvalue weighted by molar-refractivity contribution is 7.90. The van der Waals surface area contributed by atoms with Crippen LogP contribution in [0.15, 0.2) is 35.4 Å². The van der Waals surface area contributed by atoms with Crippen molar-refractivity contribution in [3.05, 3.63) is 42.1 Å². The molecule has 0 bridgehead atoms. The quantitative estimate of drug-likeness (QED) is 0.614. The molecular weight excluding hydrogens is 412 g/mol. The van der Waals surface area contributed by atoms with Gasteiger partial charge in [-0.15, -0.1) is 10.2 Å². The molecule has 9 heteroatoms. The zero-order valence-electron chi connectivity index (χ0n) is 18.0. The first-order valence-corrected chi connectivity index (χ1v) is 12.7. The minimum atomic E-state index is -3.24. The van der Waals surface area contributed by atoms with Crippen LogP contribution >= 0.6 is 0 Å². The zero-order valence-corrected chi connectivity index (χ0v) is 18.8. The van der Waals surface area contributed by atoms with Gasteiger partial charge in [0.25, 0.3) is 0 Å². The highest BCUT2D eigenvalue weighted by atomic mass is 32.2. The Morgan fingerprint density at radius 1 is 1.10 bits per heavy atom. The number of nitrogens with zero attached hydrogens (tertiary/aromatic N) is 6. The molecule has 0 spiro atoms. The first-order chi connectivity index (χ1) is 14.9. The maximum Gasteiger partial charge on any atom is 0.175 e. The molecule has 0 saturated heterocycles. The van der Waals surface area contributed by atoms with Gasteiger partial charge in [-0.2, -0.15) is 0 Å². The van der Waals surface area contributed by atoms with Gasteiger partial charge in [0.05, 0.1) is 17.1 Å². The number of hydrogen-bond acceptors (Lipinski definition) is 7. The standard InChI is InChI=1S/C22H26N6O2S/c1-4-18-22-26-25-14(2)27(22)19-13-23-20(15-9-11-17(12-10-15)31(3,29)30)24-21(19)28(18)16-7-5-6-8-16/h9-13,16,18H,4-8H2,1-3H3/t18-/m1/s1. The second kappa shape index (κ2) is 7.40. The summed E-state index contributed by atoms with van der Waals surface area (Å²) in [6.45, 7) is 4.13. The Balaban J connectivity index is 1.65. The van der Waals surface area contributed by atoms with Crippen LogP contribution in [-0.2, 0) is 9.84 Å². The van der Waals surface area contributed by atoms with Crippen molar-refractivity contribution in [2.75, 3.05) is 11.2 Å². The van der Waals surface area contributed by atoms with E-state index in [0.29, 0.717) is 11.9 Å². The van der Waals surface area contributed by atoms with Crippen molar-refractivity contribution in [1.29, 1.82) is 0 Å². The SMILES string of the molecule is CC[C@@H]1c2nnc(C)n2-c2cnc(-c3ccc(S(C)(=O)=O)cc3)nc2N1C1CCCC1. The van der Waals surface area contributed by atoms with Gasteiger partial charge in [-0.1, -0.05) is 19.8 Å². The number of sulfone groups is 1. The topological polar surface area (TPSA) is 93.9 Å². The summed E-state index contributed by atoms with van der Waals surface area (Å²) < 4.78 is 25.7. The minimum Gasteiger partial charge on any atom is -0.342 e. The molecular formula is C22H26N6O2S. The molecule has 1 atom stereocenters. The molecule has 31 heavy (non-hydrogen) atoms. The van der Waals surface area contributed by atoms with E-state index in [1.54, 1.807) is 24.3 Å². The monoisotopic (exact) mass is 438 g/mol. The summed E-state index contributed by atoms with van der Waals surface area (Å²) in [4.78, 5) is 12.4. The number of aromatic nitrogens is 5. The van der Waals surface area contributed by atoms with Gasteiger partial charge in [-0.05, 0) is 50.5 Å². The summed E-state index contributed by atoms with van der Waals surface area (Å²) in [5.74, 6) is 3.28. The Morgan fingerprint density at radius 2 is 1.81 bits per heavy atom. The van der Waals surface area contributed by atoms with E-state index in [2.05, 4.69) is 31.6 Å². The summed E-state index contributed by atoms with van der Waals surface area (Å²) in [7, 11) is -3.24. The molecule has 5 rings (SSSR count). The lowest BCUT2D eigenvalue weighted by Gasteiger charge is -2.41. The second-order valence-corrected chi connectivity index (χ2v) is 10.4. The Labute approximate surface area is 182 Å². The lowest BCUT2D eigenvalue weighted by Crippen LogP contribution is -2.42. The van der Waals surface area contributed by atoms with Crippen LogP contribution in [0.2, 0.25) is 0 Å². The van der Waals surface area contributed by atoms with Crippen LogP contribution in [0.5, 0.6) is 0 Å². The molecule has 1 aromatic carbocycles. The van der Waals surface area contributed by atoms with Gasteiger partial charge in [0.2, 0.25) is 0 Å². The average molecular weight is 439 g/mol. The number of hydrogen-bond donors (Lipinski definition) is 0. The molecule has 0 N–H and O–H groups in total. The van der Waals surface area contributed by atoms with E-state index in [1.165, 1.54) is 19.1 Å². The van der Waals surface area contributed by atoms with Crippen LogP contribution in [0.1, 0.15) is 56.7 Å². The predicted molar refractivity (Wildman–Crippen MR) is 118 cm³/mol. The third kappa shape index (κ3) is 3.31. The Morgan fingerprint density at radius 3 is 2.45 bits per heavy atom. The van der Waals surface area contributed by atoms with Gasteiger partial charge < -0.3 is 4.90 Å². The van der Waals surface area contributed by atoms with Gasteiger partial charge in [-0.25, -0.2) is 18.4 Å². The van der Waals surface area contributed by atoms with E-state index in [9.17, 15) is 8.42 Å². The number of aryl methyl sites for hydroxylation is 1. The minimum absolute atomic E-state index is 0.118. The van der Waals surface area contributed by atoms with Gasteiger partial charge in [0, 0.05) is 17.9 Å². The molecule has 162 valence electrons. The zero-order chi connectivity index (χ0) is 21.8. The van der Waals surface area contributed by atoms with Crippen LogP contribution in [0, 0.1) is 6.92 Å². The molecule has 3 aromatic rings. The van der Waals surface area contributed by atoms with E-state index >= 15 is 0 Å². The molecule has 1 fully saturated rings. The molecule has 3 heterocycles. The molecule has 2 aromatic heterocycles. The number of rotatable bonds is 4. The van der Waals surface area contributed by atoms with Crippen molar-refractivity contribution in [1.82, 2.24) is 24.7 Å². The van der Waals surface area contributed by atoms with Crippen molar-refractivity contribution in [3.8, 4) is 17.1 Å². The molecule has 1 saturated carbocycles. The molecule has 0 unspecified atom stereocenters. The summed E-state index contributed by atoms with van der Waals surface area (Å²) in [5, 5.41) is 8.84. The van der Waals surface area contributed by atoms with Crippen LogP contribution in [0.4, 0.5) is 5.82 Å². The molecule has 1 aliphatic carbocycles. The van der Waals surface area contributed by atoms with E-state index < -0.39 is 9.84 Å². The molecule has 0 radical (unpaired) electrons. The lowest BCUT2D eigenvalue weighted by molar-refractivity contribution is 0.468. The van der Waals surface area contributed by atoms with E-state index in [0.717, 1.165) is 48.0 Å². The third-order valence-corrected chi connectivity index (χ3v) is 7.49. The van der Waals surface area contributed by atoms with Crippen LogP contribution in [0.25, 0.3) is 17.1 Å². The first-order valence-electron chi connectivity index (χ1n) is 10.8. The van der Waals surface area contributed by atoms with Crippen LogP contribution in [0.3, 0.4) is 0 Å². The smallest absolute Gasteiger partial charge is 0.175 e.